The molecule has 0 bridgehead atoms. The number of likely N-dealkylation sites (tertiary alicyclic amines) is 1. The zero-order valence-corrected chi connectivity index (χ0v) is 18.2. The summed E-state index contributed by atoms with van der Waals surface area (Å²) >= 11 is 0. The van der Waals surface area contributed by atoms with Crippen LogP contribution in [0.4, 0.5) is 5.69 Å². The number of methoxy groups -OCH3 is 1. The molecule has 1 aromatic carbocycles. The van der Waals surface area contributed by atoms with Crippen molar-refractivity contribution in [2.45, 2.75) is 52.5 Å². The first-order valence-corrected chi connectivity index (χ1v) is 10.8. The zero-order chi connectivity index (χ0) is 21.0. The second-order valence-corrected chi connectivity index (χ2v) is 9.28. The van der Waals surface area contributed by atoms with Crippen LogP contribution in [0.2, 0.25) is 0 Å². The van der Waals surface area contributed by atoms with Crippen LogP contribution < -0.4 is 15.0 Å². The Kier molecular flexibility index (Phi) is 6.70. The van der Waals surface area contributed by atoms with Crippen molar-refractivity contribution in [2.24, 2.45) is 11.3 Å². The third-order valence-electron chi connectivity index (χ3n) is 5.99. The van der Waals surface area contributed by atoms with Crippen molar-refractivity contribution < 1.29 is 14.3 Å². The molecule has 6 nitrogen and oxygen atoms in total. The molecule has 0 radical (unpaired) electrons. The monoisotopic (exact) mass is 401 g/mol. The second kappa shape index (κ2) is 9.06. The molecule has 0 spiro atoms. The van der Waals surface area contributed by atoms with E-state index in [0.717, 1.165) is 50.2 Å². The quantitative estimate of drug-likeness (QED) is 0.842. The van der Waals surface area contributed by atoms with Gasteiger partial charge in [-0.25, -0.2) is 0 Å². The van der Waals surface area contributed by atoms with Crippen LogP contribution in [-0.4, -0.2) is 56.0 Å². The summed E-state index contributed by atoms with van der Waals surface area (Å²) in [6, 6.07) is 8.19. The number of rotatable bonds is 4. The van der Waals surface area contributed by atoms with E-state index < -0.39 is 0 Å². The first kappa shape index (κ1) is 21.5. The van der Waals surface area contributed by atoms with Crippen molar-refractivity contribution in [3.05, 3.63) is 24.3 Å². The minimum absolute atomic E-state index is 0.000608. The smallest absolute Gasteiger partial charge is 0.227 e. The van der Waals surface area contributed by atoms with Crippen molar-refractivity contribution in [1.82, 2.24) is 10.2 Å². The zero-order valence-electron chi connectivity index (χ0n) is 18.2. The highest BCUT2D eigenvalue weighted by Gasteiger charge is 2.33. The summed E-state index contributed by atoms with van der Waals surface area (Å²) in [5.74, 6) is 1.19. The van der Waals surface area contributed by atoms with E-state index in [1.807, 2.05) is 43.9 Å². The van der Waals surface area contributed by atoms with Gasteiger partial charge in [0.2, 0.25) is 11.8 Å². The number of piperidine rings is 2. The Morgan fingerprint density at radius 1 is 1.07 bits per heavy atom. The topological polar surface area (TPSA) is 61.9 Å². The van der Waals surface area contributed by atoms with Gasteiger partial charge in [-0.3, -0.25) is 9.59 Å². The fraction of sp³-hybridized carbons (Fsp3) is 0.652. The number of anilines is 1. The number of carbonyl (C=O) groups is 2. The average molecular weight is 402 g/mol. The Morgan fingerprint density at radius 2 is 1.76 bits per heavy atom. The van der Waals surface area contributed by atoms with Crippen LogP contribution in [0.15, 0.2) is 24.3 Å². The highest BCUT2D eigenvalue weighted by atomic mass is 16.5. The Bertz CT molecular complexity index is 720. The molecule has 160 valence electrons. The van der Waals surface area contributed by atoms with Crippen LogP contribution >= 0.6 is 0 Å². The van der Waals surface area contributed by atoms with Gasteiger partial charge in [0.25, 0.3) is 0 Å². The number of amides is 2. The molecule has 0 saturated carbocycles. The summed E-state index contributed by atoms with van der Waals surface area (Å²) in [6.07, 6.45) is 3.54. The van der Waals surface area contributed by atoms with E-state index in [2.05, 4.69) is 16.3 Å². The molecular weight excluding hydrogens is 366 g/mol. The van der Waals surface area contributed by atoms with E-state index in [4.69, 9.17) is 4.74 Å². The van der Waals surface area contributed by atoms with Crippen LogP contribution in [-0.2, 0) is 9.59 Å². The number of para-hydroxylation sites is 2. The molecule has 1 N–H and O–H groups in total. The van der Waals surface area contributed by atoms with E-state index in [0.29, 0.717) is 13.1 Å². The first-order chi connectivity index (χ1) is 13.8. The largest absolute Gasteiger partial charge is 0.495 e. The molecule has 2 aliphatic rings. The third-order valence-corrected chi connectivity index (χ3v) is 5.99. The Labute approximate surface area is 174 Å². The molecule has 29 heavy (non-hydrogen) atoms. The maximum absolute atomic E-state index is 12.8. The summed E-state index contributed by atoms with van der Waals surface area (Å²) in [5, 5.41) is 3.28. The summed E-state index contributed by atoms with van der Waals surface area (Å²) in [7, 11) is 1.69. The number of nitrogens with one attached hydrogen (secondary N) is 1. The van der Waals surface area contributed by atoms with Crippen molar-refractivity contribution in [1.29, 1.82) is 0 Å². The van der Waals surface area contributed by atoms with Crippen molar-refractivity contribution in [2.75, 3.05) is 38.2 Å². The van der Waals surface area contributed by atoms with Gasteiger partial charge in [-0.2, -0.15) is 0 Å². The fourth-order valence-electron chi connectivity index (χ4n) is 4.34. The normalized spacial score (nSPS) is 21.0. The van der Waals surface area contributed by atoms with Gasteiger partial charge in [-0.1, -0.05) is 32.9 Å². The molecule has 1 aromatic rings. The molecule has 3 rings (SSSR count). The number of ether oxygens (including phenoxy) is 1. The van der Waals surface area contributed by atoms with Gasteiger partial charge < -0.3 is 19.9 Å². The molecule has 2 fully saturated rings. The Balaban J connectivity index is 1.53. The summed E-state index contributed by atoms with van der Waals surface area (Å²) in [5.41, 5.74) is 0.724. The predicted octanol–water partition coefficient (Wildman–Crippen LogP) is 3.06. The van der Waals surface area contributed by atoms with E-state index in [9.17, 15) is 9.59 Å². The Hall–Kier alpha value is -2.24. The molecule has 2 amide bonds. The van der Waals surface area contributed by atoms with Crippen molar-refractivity contribution in [3.8, 4) is 5.75 Å². The number of nitrogens with zero attached hydrogens (tertiary/aromatic N) is 2. The molecule has 0 aliphatic carbocycles. The van der Waals surface area contributed by atoms with Crippen LogP contribution in [0.25, 0.3) is 0 Å². The third kappa shape index (κ3) is 5.22. The minimum atomic E-state index is -0.362. The number of hydrogen-bond donors (Lipinski definition) is 1. The predicted molar refractivity (Wildman–Crippen MR) is 115 cm³/mol. The lowest BCUT2D eigenvalue weighted by atomic mass is 9.90. The number of benzene rings is 1. The average Bonchev–Trinajstić information content (AvgIpc) is 2.72. The van der Waals surface area contributed by atoms with Crippen LogP contribution in [0.1, 0.15) is 46.5 Å². The molecule has 1 unspecified atom stereocenters. The molecule has 0 aromatic heterocycles. The molecule has 2 aliphatic heterocycles. The standard InChI is InChI=1S/C23H35N3O3/c1-23(2,3)22(28)25-14-11-17(12-15-25)21(27)24-18-8-7-13-26(16-18)19-9-5-6-10-20(19)29-4/h5-6,9-10,17-18H,7-8,11-16H2,1-4H3,(H,24,27). The van der Waals surface area contributed by atoms with Gasteiger partial charge in [-0.05, 0) is 37.8 Å². The maximum atomic E-state index is 12.8. The molecule has 2 heterocycles. The van der Waals surface area contributed by atoms with Gasteiger partial charge in [0.1, 0.15) is 5.75 Å². The van der Waals surface area contributed by atoms with Crippen LogP contribution in [0.3, 0.4) is 0 Å². The lowest BCUT2D eigenvalue weighted by Crippen LogP contribution is -2.51. The van der Waals surface area contributed by atoms with E-state index in [-0.39, 0.29) is 29.2 Å². The van der Waals surface area contributed by atoms with Crippen LogP contribution in [0, 0.1) is 11.3 Å². The summed E-state index contributed by atoms with van der Waals surface area (Å²) in [4.78, 5) is 29.5. The lowest BCUT2D eigenvalue weighted by Gasteiger charge is -2.38. The van der Waals surface area contributed by atoms with Gasteiger partial charge in [0, 0.05) is 43.6 Å². The maximum Gasteiger partial charge on any atom is 0.227 e. The first-order valence-electron chi connectivity index (χ1n) is 10.8. The van der Waals surface area contributed by atoms with Gasteiger partial charge in [-0.15, -0.1) is 0 Å². The van der Waals surface area contributed by atoms with E-state index >= 15 is 0 Å². The van der Waals surface area contributed by atoms with Gasteiger partial charge in [0.15, 0.2) is 0 Å². The molecule has 1 atom stereocenters. The Morgan fingerprint density at radius 3 is 2.41 bits per heavy atom. The molecular formula is C23H35N3O3. The highest BCUT2D eigenvalue weighted by molar-refractivity contribution is 5.83. The van der Waals surface area contributed by atoms with Crippen LogP contribution in [0.5, 0.6) is 5.75 Å². The summed E-state index contributed by atoms with van der Waals surface area (Å²) in [6.45, 7) is 8.96. The minimum Gasteiger partial charge on any atom is -0.495 e. The SMILES string of the molecule is COc1ccccc1N1CCCC(NC(=O)C2CCN(C(=O)C(C)(C)C)CC2)C1. The van der Waals surface area contributed by atoms with E-state index in [1.54, 1.807) is 7.11 Å². The second-order valence-electron chi connectivity index (χ2n) is 9.28. The number of carbonyl (C=O) groups excluding carboxylic acids is 2. The van der Waals surface area contributed by atoms with Crippen molar-refractivity contribution >= 4 is 17.5 Å². The fourth-order valence-corrected chi connectivity index (χ4v) is 4.34. The van der Waals surface area contributed by atoms with E-state index in [1.165, 1.54) is 0 Å². The van der Waals surface area contributed by atoms with Crippen molar-refractivity contribution in [3.63, 3.8) is 0 Å². The molecule has 6 heteroatoms. The number of hydrogen-bond acceptors (Lipinski definition) is 4. The summed E-state index contributed by atoms with van der Waals surface area (Å²) < 4.78 is 5.50. The molecule has 2 saturated heterocycles. The van der Waals surface area contributed by atoms with Gasteiger partial charge >= 0.3 is 0 Å². The highest BCUT2D eigenvalue weighted by Crippen LogP contribution is 2.30. The van der Waals surface area contributed by atoms with Gasteiger partial charge in [0.05, 0.1) is 12.8 Å². The lowest BCUT2D eigenvalue weighted by molar-refractivity contribution is -0.142.